The summed E-state index contributed by atoms with van der Waals surface area (Å²) >= 11 is 0. The molecule has 0 bridgehead atoms. The van der Waals surface area contributed by atoms with E-state index in [0.29, 0.717) is 11.1 Å². The topological polar surface area (TPSA) is 47.7 Å². The molecular formula is C20H19NO3. The van der Waals surface area contributed by atoms with Crippen molar-refractivity contribution in [2.75, 3.05) is 6.61 Å². The zero-order valence-corrected chi connectivity index (χ0v) is 14.0. The number of benzene rings is 2. The standard InChI is InChI=1S/C20H19NO3/c1-5-24-19(23)15-12-9-13-16(21-4)17(15)20(2,3)18(22)14-10-7-6-8-11-14/h6-13H,5H2,1-3H3. The third kappa shape index (κ3) is 3.21. The summed E-state index contributed by atoms with van der Waals surface area (Å²) in [5.41, 5.74) is 0.462. The van der Waals surface area contributed by atoms with Crippen LogP contribution >= 0.6 is 0 Å². The fourth-order valence-electron chi connectivity index (χ4n) is 2.73. The predicted octanol–water partition coefficient (Wildman–Crippen LogP) is 4.57. The minimum absolute atomic E-state index is 0.148. The summed E-state index contributed by atoms with van der Waals surface area (Å²) in [5, 5.41) is 0. The SMILES string of the molecule is [C-]#[N+]c1cccc(C(=O)OCC)c1C(C)(C)C(=O)c1ccccc1. The number of carbonyl (C=O) groups excluding carboxylic acids is 2. The van der Waals surface area contributed by atoms with Crippen LogP contribution in [-0.2, 0) is 10.2 Å². The Labute approximate surface area is 141 Å². The van der Waals surface area contributed by atoms with Crippen molar-refractivity contribution >= 4 is 17.4 Å². The normalized spacial score (nSPS) is 10.8. The fourth-order valence-corrected chi connectivity index (χ4v) is 2.73. The summed E-state index contributed by atoms with van der Waals surface area (Å²) in [6.45, 7) is 12.8. The number of Topliss-reactive ketones (excluding diaryl/α,β-unsaturated/α-hetero) is 1. The van der Waals surface area contributed by atoms with E-state index in [0.717, 1.165) is 0 Å². The van der Waals surface area contributed by atoms with Gasteiger partial charge in [0, 0.05) is 11.0 Å². The minimum atomic E-state index is -1.04. The lowest BCUT2D eigenvalue weighted by atomic mass is 9.75. The number of ether oxygens (including phenoxy) is 1. The van der Waals surface area contributed by atoms with Gasteiger partial charge < -0.3 is 4.74 Å². The molecule has 0 spiro atoms. The molecule has 2 aromatic carbocycles. The van der Waals surface area contributed by atoms with Crippen molar-refractivity contribution in [1.29, 1.82) is 0 Å². The van der Waals surface area contributed by atoms with E-state index in [1.165, 1.54) is 0 Å². The monoisotopic (exact) mass is 321 g/mol. The highest BCUT2D eigenvalue weighted by Gasteiger charge is 2.36. The van der Waals surface area contributed by atoms with Gasteiger partial charge in [0.25, 0.3) is 0 Å². The van der Waals surface area contributed by atoms with E-state index < -0.39 is 11.4 Å². The number of nitrogens with zero attached hydrogens (tertiary/aromatic N) is 1. The quantitative estimate of drug-likeness (QED) is 0.460. The summed E-state index contributed by atoms with van der Waals surface area (Å²) in [6, 6.07) is 13.7. The highest BCUT2D eigenvalue weighted by molar-refractivity contribution is 6.07. The molecular weight excluding hydrogens is 302 g/mol. The maximum absolute atomic E-state index is 13.0. The van der Waals surface area contributed by atoms with Crippen molar-refractivity contribution in [2.24, 2.45) is 0 Å². The van der Waals surface area contributed by atoms with Gasteiger partial charge in [-0.05, 0) is 32.4 Å². The molecule has 2 rings (SSSR count). The van der Waals surface area contributed by atoms with E-state index in [1.54, 1.807) is 63.2 Å². The predicted molar refractivity (Wildman–Crippen MR) is 92.5 cm³/mol. The van der Waals surface area contributed by atoms with Crippen molar-refractivity contribution < 1.29 is 14.3 Å². The smallest absolute Gasteiger partial charge is 0.337 e. The molecule has 122 valence electrons. The molecule has 0 heterocycles. The number of ketones is 1. The first-order valence-corrected chi connectivity index (χ1v) is 7.71. The van der Waals surface area contributed by atoms with Crippen molar-refractivity contribution in [1.82, 2.24) is 0 Å². The lowest BCUT2D eigenvalue weighted by molar-refractivity contribution is 0.0523. The van der Waals surface area contributed by atoms with Crippen molar-refractivity contribution in [3.63, 3.8) is 0 Å². The zero-order valence-electron chi connectivity index (χ0n) is 14.0. The van der Waals surface area contributed by atoms with E-state index in [9.17, 15) is 9.59 Å². The van der Waals surface area contributed by atoms with Crippen LogP contribution in [0.2, 0.25) is 0 Å². The summed E-state index contributed by atoms with van der Waals surface area (Å²) in [7, 11) is 0. The molecule has 2 aromatic rings. The molecule has 0 atom stereocenters. The van der Waals surface area contributed by atoms with Gasteiger partial charge in [0.15, 0.2) is 11.5 Å². The number of esters is 1. The minimum Gasteiger partial charge on any atom is -0.462 e. The van der Waals surface area contributed by atoms with Gasteiger partial charge in [-0.15, -0.1) is 0 Å². The van der Waals surface area contributed by atoms with Gasteiger partial charge in [-0.2, -0.15) is 0 Å². The average Bonchev–Trinajstić information content (AvgIpc) is 2.61. The zero-order chi connectivity index (χ0) is 17.7. The number of rotatable bonds is 5. The van der Waals surface area contributed by atoms with Crippen molar-refractivity contribution in [2.45, 2.75) is 26.2 Å². The van der Waals surface area contributed by atoms with Gasteiger partial charge in [-0.25, -0.2) is 9.64 Å². The second-order valence-corrected chi connectivity index (χ2v) is 5.85. The highest BCUT2D eigenvalue weighted by atomic mass is 16.5. The summed E-state index contributed by atoms with van der Waals surface area (Å²) in [6.07, 6.45) is 0. The Kier molecular flexibility index (Phi) is 5.15. The summed E-state index contributed by atoms with van der Waals surface area (Å²) in [4.78, 5) is 28.8. The molecule has 0 saturated carbocycles. The van der Waals surface area contributed by atoms with Crippen LogP contribution in [0.15, 0.2) is 48.5 Å². The Bertz CT molecular complexity index is 801. The molecule has 0 unspecified atom stereocenters. The lowest BCUT2D eigenvalue weighted by Crippen LogP contribution is -2.31. The van der Waals surface area contributed by atoms with Crippen LogP contribution in [0.5, 0.6) is 0 Å². The van der Waals surface area contributed by atoms with Crippen LogP contribution < -0.4 is 0 Å². The molecule has 0 amide bonds. The maximum atomic E-state index is 13.0. The molecule has 4 nitrogen and oxygen atoms in total. The molecule has 0 radical (unpaired) electrons. The molecule has 0 saturated heterocycles. The van der Waals surface area contributed by atoms with Gasteiger partial charge in [0.1, 0.15) is 0 Å². The van der Waals surface area contributed by atoms with E-state index in [1.807, 2.05) is 6.07 Å². The maximum Gasteiger partial charge on any atom is 0.337 e. The first-order valence-electron chi connectivity index (χ1n) is 7.71. The number of carbonyl (C=O) groups is 2. The van der Waals surface area contributed by atoms with Gasteiger partial charge in [-0.1, -0.05) is 42.5 Å². The van der Waals surface area contributed by atoms with Crippen LogP contribution in [0, 0.1) is 6.57 Å². The molecule has 0 aromatic heterocycles. The average molecular weight is 321 g/mol. The largest absolute Gasteiger partial charge is 0.462 e. The Hall–Kier alpha value is -2.93. The van der Waals surface area contributed by atoms with Gasteiger partial charge in [0.2, 0.25) is 0 Å². The number of hydrogen-bond acceptors (Lipinski definition) is 3. The van der Waals surface area contributed by atoms with E-state index in [2.05, 4.69) is 4.85 Å². The fraction of sp³-hybridized carbons (Fsp3) is 0.250. The van der Waals surface area contributed by atoms with Crippen LogP contribution in [0.1, 0.15) is 47.1 Å². The molecule has 0 aliphatic carbocycles. The second kappa shape index (κ2) is 7.10. The van der Waals surface area contributed by atoms with Gasteiger partial charge in [0.05, 0.1) is 18.7 Å². The van der Waals surface area contributed by atoms with Crippen LogP contribution in [0.3, 0.4) is 0 Å². The first-order chi connectivity index (χ1) is 11.4. The van der Waals surface area contributed by atoms with Gasteiger partial charge in [-0.3, -0.25) is 4.79 Å². The van der Waals surface area contributed by atoms with Crippen LogP contribution in [-0.4, -0.2) is 18.4 Å². The van der Waals surface area contributed by atoms with Crippen LogP contribution in [0.4, 0.5) is 5.69 Å². The molecule has 0 aliphatic rings. The molecule has 24 heavy (non-hydrogen) atoms. The third-order valence-electron chi connectivity index (χ3n) is 3.89. The Balaban J connectivity index is 2.63. The Morgan fingerprint density at radius 3 is 2.33 bits per heavy atom. The van der Waals surface area contributed by atoms with Gasteiger partial charge >= 0.3 is 5.97 Å². The van der Waals surface area contributed by atoms with E-state index in [-0.39, 0.29) is 23.6 Å². The van der Waals surface area contributed by atoms with E-state index >= 15 is 0 Å². The molecule has 0 aliphatic heterocycles. The third-order valence-corrected chi connectivity index (χ3v) is 3.89. The summed E-state index contributed by atoms with van der Waals surface area (Å²) in [5.74, 6) is -0.670. The first kappa shape index (κ1) is 17.4. The summed E-state index contributed by atoms with van der Waals surface area (Å²) < 4.78 is 5.10. The highest BCUT2D eigenvalue weighted by Crippen LogP contribution is 2.37. The van der Waals surface area contributed by atoms with Crippen LogP contribution in [0.25, 0.3) is 4.85 Å². The van der Waals surface area contributed by atoms with Crippen molar-refractivity contribution in [3.8, 4) is 0 Å². The second-order valence-electron chi connectivity index (χ2n) is 5.85. The molecule has 0 fully saturated rings. The molecule has 0 N–H and O–H groups in total. The van der Waals surface area contributed by atoms with Crippen molar-refractivity contribution in [3.05, 3.63) is 76.6 Å². The number of hydrogen-bond donors (Lipinski definition) is 0. The van der Waals surface area contributed by atoms with E-state index in [4.69, 9.17) is 11.3 Å². The lowest BCUT2D eigenvalue weighted by Gasteiger charge is -2.27. The Morgan fingerprint density at radius 2 is 1.75 bits per heavy atom. The molecule has 4 heteroatoms. The Morgan fingerprint density at radius 1 is 1.08 bits per heavy atom.